The number of aromatic nitrogens is 4. The Bertz CT molecular complexity index is 2060. The molecule has 0 aliphatic rings. The van der Waals surface area contributed by atoms with E-state index in [1.165, 1.54) is 0 Å². The van der Waals surface area contributed by atoms with E-state index < -0.39 is 0 Å². The van der Waals surface area contributed by atoms with Crippen LogP contribution in [0.15, 0.2) is 126 Å². The molecule has 7 rings (SSSR count). The van der Waals surface area contributed by atoms with Crippen LogP contribution >= 0.6 is 0 Å². The van der Waals surface area contributed by atoms with Crippen molar-refractivity contribution in [1.82, 2.24) is 19.4 Å². The summed E-state index contributed by atoms with van der Waals surface area (Å²) >= 11 is 0. The molecule has 5 heteroatoms. The zero-order chi connectivity index (χ0) is 27.1. The molecule has 0 saturated heterocycles. The van der Waals surface area contributed by atoms with Crippen molar-refractivity contribution in [2.75, 3.05) is 0 Å². The van der Waals surface area contributed by atoms with Crippen molar-refractivity contribution in [2.45, 2.75) is 13.8 Å². The number of pyridine rings is 1. The number of hydrogen-bond acceptors (Lipinski definition) is 4. The fourth-order valence-electron chi connectivity index (χ4n) is 5.00. The zero-order valence-corrected chi connectivity index (χ0v) is 22.2. The average Bonchev–Trinajstić information content (AvgIpc) is 3.56. The van der Waals surface area contributed by atoms with Gasteiger partial charge in [-0.2, -0.15) is 0 Å². The van der Waals surface area contributed by atoms with Gasteiger partial charge in [0.2, 0.25) is 5.71 Å². The highest BCUT2D eigenvalue weighted by molar-refractivity contribution is 6.02. The Morgan fingerprint density at radius 1 is 0.750 bits per heavy atom. The maximum absolute atomic E-state index is 6.15. The molecule has 192 valence electrons. The fraction of sp³-hybridized carbons (Fsp3) is 0.0571. The highest BCUT2D eigenvalue weighted by Crippen LogP contribution is 2.31. The third kappa shape index (κ3) is 4.18. The van der Waals surface area contributed by atoms with Gasteiger partial charge in [-0.25, -0.2) is 15.0 Å². The van der Waals surface area contributed by atoms with Crippen LogP contribution in [-0.4, -0.2) is 19.4 Å². The second-order valence-corrected chi connectivity index (χ2v) is 9.79. The summed E-state index contributed by atoms with van der Waals surface area (Å²) in [6.45, 7) is 4.09. The normalized spacial score (nSPS) is 12.3. The Hall–Kier alpha value is -5.29. The summed E-state index contributed by atoms with van der Waals surface area (Å²) < 4.78 is 8.18. The SMILES string of the molecule is C/C=C\C=C(/C)c1cc(-c2ccccc2)nc(-c2ccc(-c3ccc4nc5c6ccccc6oc5n4c3)cc2)n1. The van der Waals surface area contributed by atoms with Gasteiger partial charge in [0.25, 0.3) is 0 Å². The number of imidazole rings is 1. The molecule has 0 bridgehead atoms. The quantitative estimate of drug-likeness (QED) is 0.213. The molecule has 0 radical (unpaired) electrons. The summed E-state index contributed by atoms with van der Waals surface area (Å²) in [4.78, 5) is 14.7. The Labute approximate surface area is 231 Å². The molecule has 4 aromatic heterocycles. The van der Waals surface area contributed by atoms with E-state index in [0.717, 1.165) is 67.1 Å². The van der Waals surface area contributed by atoms with Crippen LogP contribution in [0.4, 0.5) is 0 Å². The van der Waals surface area contributed by atoms with E-state index in [1.807, 2.05) is 72.0 Å². The summed E-state index contributed by atoms with van der Waals surface area (Å²) in [6, 6.07) is 32.8. The van der Waals surface area contributed by atoms with E-state index in [0.29, 0.717) is 5.82 Å². The number of benzene rings is 3. The van der Waals surface area contributed by atoms with E-state index in [4.69, 9.17) is 19.4 Å². The van der Waals surface area contributed by atoms with Crippen LogP contribution in [0, 0.1) is 0 Å². The molecule has 3 aromatic carbocycles. The monoisotopic (exact) mass is 518 g/mol. The predicted molar refractivity (Wildman–Crippen MR) is 163 cm³/mol. The van der Waals surface area contributed by atoms with Crippen LogP contribution in [0.1, 0.15) is 19.5 Å². The van der Waals surface area contributed by atoms with Gasteiger partial charge < -0.3 is 4.42 Å². The summed E-state index contributed by atoms with van der Waals surface area (Å²) in [5, 5.41) is 1.03. The van der Waals surface area contributed by atoms with Crippen LogP contribution in [0.25, 0.3) is 67.2 Å². The number of rotatable bonds is 5. The molecule has 5 nitrogen and oxygen atoms in total. The Morgan fingerprint density at radius 3 is 2.33 bits per heavy atom. The minimum Gasteiger partial charge on any atom is -0.437 e. The third-order valence-electron chi connectivity index (χ3n) is 7.14. The second-order valence-electron chi connectivity index (χ2n) is 9.79. The molecule has 0 spiro atoms. The molecular formula is C35H26N4O. The van der Waals surface area contributed by atoms with E-state index >= 15 is 0 Å². The second kappa shape index (κ2) is 9.79. The van der Waals surface area contributed by atoms with Crippen molar-refractivity contribution >= 4 is 33.4 Å². The summed E-state index contributed by atoms with van der Waals surface area (Å²) in [7, 11) is 0. The van der Waals surface area contributed by atoms with Gasteiger partial charge in [-0.05, 0) is 60.9 Å². The molecule has 0 aliphatic carbocycles. The summed E-state index contributed by atoms with van der Waals surface area (Å²) in [5.74, 6) is 0.699. The first kappa shape index (κ1) is 23.8. The number of allylic oxidation sites excluding steroid dienone is 4. The zero-order valence-electron chi connectivity index (χ0n) is 22.2. The highest BCUT2D eigenvalue weighted by atomic mass is 16.3. The standard InChI is InChI=1S/C35H26N4O/c1-3-4-10-23(2)29-21-30(25-11-6-5-7-12-25)37-34(36-29)26-17-15-24(16-18-26)27-19-20-32-38-33-28-13-8-9-14-31(28)40-35(33)39(32)22-27/h3-22H,1-2H3/b4-3-,23-10+. The first-order valence-corrected chi connectivity index (χ1v) is 13.3. The number of furan rings is 1. The lowest BCUT2D eigenvalue weighted by atomic mass is 10.0. The van der Waals surface area contributed by atoms with Crippen LogP contribution in [0.2, 0.25) is 0 Å². The van der Waals surface area contributed by atoms with Gasteiger partial charge >= 0.3 is 0 Å². The van der Waals surface area contributed by atoms with Gasteiger partial charge in [-0.15, -0.1) is 0 Å². The molecule has 0 unspecified atom stereocenters. The molecule has 7 aromatic rings. The highest BCUT2D eigenvalue weighted by Gasteiger charge is 2.15. The van der Waals surface area contributed by atoms with Gasteiger partial charge in [0, 0.05) is 22.7 Å². The van der Waals surface area contributed by atoms with Gasteiger partial charge in [0.15, 0.2) is 5.82 Å². The lowest BCUT2D eigenvalue weighted by Crippen LogP contribution is -1.97. The van der Waals surface area contributed by atoms with Gasteiger partial charge in [-0.1, -0.05) is 85.0 Å². The predicted octanol–water partition coefficient (Wildman–Crippen LogP) is 9.00. The van der Waals surface area contributed by atoms with Gasteiger partial charge in [0.1, 0.15) is 16.7 Å². The first-order valence-electron chi connectivity index (χ1n) is 13.3. The van der Waals surface area contributed by atoms with Gasteiger partial charge in [0.05, 0.1) is 11.4 Å². The molecule has 0 fully saturated rings. The van der Waals surface area contributed by atoms with Crippen LogP contribution in [0.5, 0.6) is 0 Å². The molecule has 0 aliphatic heterocycles. The van der Waals surface area contributed by atoms with Crippen molar-refractivity contribution < 1.29 is 4.42 Å². The van der Waals surface area contributed by atoms with E-state index in [-0.39, 0.29) is 0 Å². The Morgan fingerprint density at radius 2 is 1.50 bits per heavy atom. The van der Waals surface area contributed by atoms with E-state index in [2.05, 4.69) is 67.7 Å². The minimum absolute atomic E-state index is 0.699. The minimum atomic E-state index is 0.699. The molecular weight excluding hydrogens is 492 g/mol. The van der Waals surface area contributed by atoms with Crippen LogP contribution in [0.3, 0.4) is 0 Å². The first-order chi connectivity index (χ1) is 19.7. The van der Waals surface area contributed by atoms with Crippen LogP contribution < -0.4 is 0 Å². The molecule has 0 atom stereocenters. The van der Waals surface area contributed by atoms with E-state index in [1.54, 1.807) is 0 Å². The molecule has 4 heterocycles. The van der Waals surface area contributed by atoms with Crippen LogP contribution in [-0.2, 0) is 0 Å². The van der Waals surface area contributed by atoms with E-state index in [9.17, 15) is 0 Å². The molecule has 0 N–H and O–H groups in total. The lowest BCUT2D eigenvalue weighted by Gasteiger charge is -2.10. The summed E-state index contributed by atoms with van der Waals surface area (Å²) in [5.41, 5.74) is 10.4. The average molecular weight is 519 g/mol. The van der Waals surface area contributed by atoms with Crippen molar-refractivity contribution in [1.29, 1.82) is 0 Å². The number of fused-ring (bicyclic) bond motifs is 5. The lowest BCUT2D eigenvalue weighted by molar-refractivity contribution is 0.649. The largest absolute Gasteiger partial charge is 0.437 e. The van der Waals surface area contributed by atoms with Crippen molar-refractivity contribution in [2.24, 2.45) is 0 Å². The van der Waals surface area contributed by atoms with Gasteiger partial charge in [-0.3, -0.25) is 4.40 Å². The molecule has 40 heavy (non-hydrogen) atoms. The topological polar surface area (TPSA) is 56.2 Å². The number of nitrogens with zero attached hydrogens (tertiary/aromatic N) is 4. The maximum atomic E-state index is 6.15. The number of hydrogen-bond donors (Lipinski definition) is 0. The third-order valence-corrected chi connectivity index (χ3v) is 7.14. The maximum Gasteiger partial charge on any atom is 0.232 e. The molecule has 0 saturated carbocycles. The number of para-hydroxylation sites is 1. The van der Waals surface area contributed by atoms with Crippen molar-refractivity contribution in [3.05, 3.63) is 127 Å². The van der Waals surface area contributed by atoms with Crippen molar-refractivity contribution in [3.63, 3.8) is 0 Å². The van der Waals surface area contributed by atoms with Crippen molar-refractivity contribution in [3.8, 4) is 33.8 Å². The summed E-state index contributed by atoms with van der Waals surface area (Å²) in [6.07, 6.45) is 8.21. The smallest absolute Gasteiger partial charge is 0.232 e. The molecule has 0 amide bonds. The fourth-order valence-corrected chi connectivity index (χ4v) is 5.00. The Kier molecular flexibility index (Phi) is 5.82. The Balaban J connectivity index is 1.28.